The van der Waals surface area contributed by atoms with Crippen molar-refractivity contribution in [3.05, 3.63) is 29.0 Å². The number of hydrogen-bond donors (Lipinski definition) is 0. The standard InChI is InChI=1S/C14H16Cl2N2/c1-9(6-10-2-3-10)18-13-5-4-11(16)7-12(13)17-14(18)8-15/h4-5,7,9-10H,2-3,6,8H2,1H3. The lowest BCUT2D eigenvalue weighted by Gasteiger charge is -2.16. The third-order valence-corrected chi connectivity index (χ3v) is 4.13. The summed E-state index contributed by atoms with van der Waals surface area (Å²) in [6, 6.07) is 6.33. The van der Waals surface area contributed by atoms with Crippen molar-refractivity contribution in [3.8, 4) is 0 Å². The molecule has 2 nitrogen and oxygen atoms in total. The largest absolute Gasteiger partial charge is 0.324 e. The molecule has 18 heavy (non-hydrogen) atoms. The fourth-order valence-electron chi connectivity index (χ4n) is 2.65. The molecule has 3 rings (SSSR count). The van der Waals surface area contributed by atoms with Gasteiger partial charge < -0.3 is 4.57 Å². The molecule has 0 radical (unpaired) electrons. The van der Waals surface area contributed by atoms with Gasteiger partial charge in [0.2, 0.25) is 0 Å². The molecule has 1 fully saturated rings. The number of alkyl halides is 1. The van der Waals surface area contributed by atoms with Crippen molar-refractivity contribution in [2.45, 2.75) is 38.1 Å². The van der Waals surface area contributed by atoms with E-state index in [1.807, 2.05) is 18.2 Å². The van der Waals surface area contributed by atoms with Gasteiger partial charge in [0.05, 0.1) is 16.9 Å². The van der Waals surface area contributed by atoms with Crippen LogP contribution in [-0.2, 0) is 5.88 Å². The molecule has 0 spiro atoms. The van der Waals surface area contributed by atoms with Crippen LogP contribution in [0.3, 0.4) is 0 Å². The van der Waals surface area contributed by atoms with E-state index in [2.05, 4.69) is 16.5 Å². The van der Waals surface area contributed by atoms with Gasteiger partial charge in [-0.25, -0.2) is 4.98 Å². The Balaban J connectivity index is 2.06. The van der Waals surface area contributed by atoms with Gasteiger partial charge in [0.1, 0.15) is 5.82 Å². The maximum absolute atomic E-state index is 6.02. The van der Waals surface area contributed by atoms with Gasteiger partial charge in [0, 0.05) is 11.1 Å². The first-order valence-corrected chi connectivity index (χ1v) is 7.32. The molecule has 1 aromatic heterocycles. The van der Waals surface area contributed by atoms with Crippen molar-refractivity contribution in [2.24, 2.45) is 5.92 Å². The molecule has 0 saturated heterocycles. The maximum atomic E-state index is 6.02. The van der Waals surface area contributed by atoms with Crippen LogP contribution in [0, 0.1) is 5.92 Å². The van der Waals surface area contributed by atoms with Gasteiger partial charge in [-0.05, 0) is 37.5 Å². The Morgan fingerprint density at radius 3 is 2.89 bits per heavy atom. The second kappa shape index (κ2) is 4.75. The molecule has 96 valence electrons. The van der Waals surface area contributed by atoms with Crippen molar-refractivity contribution >= 4 is 34.2 Å². The number of rotatable bonds is 4. The van der Waals surface area contributed by atoms with E-state index in [1.165, 1.54) is 19.3 Å². The smallest absolute Gasteiger partial charge is 0.125 e. The molecular weight excluding hydrogens is 267 g/mol. The molecule has 4 heteroatoms. The Hall–Kier alpha value is -0.730. The zero-order valence-corrected chi connectivity index (χ0v) is 11.9. The van der Waals surface area contributed by atoms with Crippen LogP contribution in [0.4, 0.5) is 0 Å². The van der Waals surface area contributed by atoms with Crippen LogP contribution in [0.2, 0.25) is 5.02 Å². The van der Waals surface area contributed by atoms with E-state index in [-0.39, 0.29) is 0 Å². The molecule has 1 unspecified atom stereocenters. The van der Waals surface area contributed by atoms with Crippen molar-refractivity contribution in [1.82, 2.24) is 9.55 Å². The Labute approximate surface area is 117 Å². The number of halogens is 2. The van der Waals surface area contributed by atoms with Crippen LogP contribution in [-0.4, -0.2) is 9.55 Å². The van der Waals surface area contributed by atoms with Crippen molar-refractivity contribution in [1.29, 1.82) is 0 Å². The number of nitrogens with zero attached hydrogens (tertiary/aromatic N) is 2. The van der Waals surface area contributed by atoms with Gasteiger partial charge in [0.15, 0.2) is 0 Å². The molecule has 0 aliphatic heterocycles. The van der Waals surface area contributed by atoms with E-state index in [9.17, 15) is 0 Å². The Bertz CT molecular complexity index is 572. The van der Waals surface area contributed by atoms with Crippen LogP contribution in [0.25, 0.3) is 11.0 Å². The molecule has 1 saturated carbocycles. The Morgan fingerprint density at radius 1 is 1.44 bits per heavy atom. The molecule has 0 bridgehead atoms. The van der Waals surface area contributed by atoms with Crippen molar-refractivity contribution in [2.75, 3.05) is 0 Å². The second-order valence-corrected chi connectivity index (χ2v) is 5.90. The van der Waals surface area contributed by atoms with Crippen molar-refractivity contribution < 1.29 is 0 Å². The van der Waals surface area contributed by atoms with Gasteiger partial charge >= 0.3 is 0 Å². The first-order chi connectivity index (χ1) is 8.69. The van der Waals surface area contributed by atoms with Crippen LogP contribution in [0.15, 0.2) is 18.2 Å². The van der Waals surface area contributed by atoms with Gasteiger partial charge in [-0.1, -0.05) is 24.4 Å². The van der Waals surface area contributed by atoms with Crippen LogP contribution in [0.5, 0.6) is 0 Å². The minimum Gasteiger partial charge on any atom is -0.324 e. The molecular formula is C14H16Cl2N2. The van der Waals surface area contributed by atoms with Gasteiger partial charge in [-0.15, -0.1) is 11.6 Å². The zero-order chi connectivity index (χ0) is 12.7. The summed E-state index contributed by atoms with van der Waals surface area (Å²) < 4.78 is 2.27. The number of benzene rings is 1. The Morgan fingerprint density at radius 2 is 2.22 bits per heavy atom. The summed E-state index contributed by atoms with van der Waals surface area (Å²) in [6.45, 7) is 2.25. The van der Waals surface area contributed by atoms with Crippen LogP contribution >= 0.6 is 23.2 Å². The normalized spacial score (nSPS) is 17.3. The van der Waals surface area contributed by atoms with Gasteiger partial charge in [-0.2, -0.15) is 0 Å². The lowest BCUT2D eigenvalue weighted by Crippen LogP contribution is -2.09. The minimum absolute atomic E-state index is 0.446. The molecule has 1 atom stereocenters. The maximum Gasteiger partial charge on any atom is 0.125 e. The highest BCUT2D eigenvalue weighted by Gasteiger charge is 2.26. The monoisotopic (exact) mass is 282 g/mol. The molecule has 1 heterocycles. The highest BCUT2D eigenvalue weighted by molar-refractivity contribution is 6.31. The van der Waals surface area contributed by atoms with E-state index < -0.39 is 0 Å². The average Bonchev–Trinajstić information content (AvgIpc) is 3.07. The quantitative estimate of drug-likeness (QED) is 0.738. The van der Waals surface area contributed by atoms with E-state index in [4.69, 9.17) is 23.2 Å². The summed E-state index contributed by atoms with van der Waals surface area (Å²) >= 11 is 12.0. The summed E-state index contributed by atoms with van der Waals surface area (Å²) in [6.07, 6.45) is 3.97. The number of hydrogen-bond acceptors (Lipinski definition) is 1. The lowest BCUT2D eigenvalue weighted by atomic mass is 10.1. The topological polar surface area (TPSA) is 17.8 Å². The SMILES string of the molecule is CC(CC1CC1)n1c(CCl)nc2cc(Cl)ccc21. The third-order valence-electron chi connectivity index (χ3n) is 3.66. The highest BCUT2D eigenvalue weighted by atomic mass is 35.5. The van der Waals surface area contributed by atoms with E-state index in [0.29, 0.717) is 11.9 Å². The predicted molar refractivity (Wildman–Crippen MR) is 76.4 cm³/mol. The molecule has 1 aliphatic carbocycles. The fourth-order valence-corrected chi connectivity index (χ4v) is 3.00. The lowest BCUT2D eigenvalue weighted by molar-refractivity contribution is 0.477. The van der Waals surface area contributed by atoms with E-state index in [0.717, 1.165) is 27.8 Å². The number of fused-ring (bicyclic) bond motifs is 1. The third kappa shape index (κ3) is 2.24. The molecule has 1 aliphatic rings. The van der Waals surface area contributed by atoms with E-state index >= 15 is 0 Å². The number of aromatic nitrogens is 2. The van der Waals surface area contributed by atoms with E-state index in [1.54, 1.807) is 0 Å². The minimum atomic E-state index is 0.446. The first kappa shape index (κ1) is 12.3. The molecule has 0 N–H and O–H groups in total. The zero-order valence-electron chi connectivity index (χ0n) is 10.4. The average molecular weight is 283 g/mol. The predicted octanol–water partition coefficient (Wildman–Crippen LogP) is 4.79. The van der Waals surface area contributed by atoms with Crippen molar-refractivity contribution in [3.63, 3.8) is 0 Å². The summed E-state index contributed by atoms with van der Waals surface area (Å²) in [5, 5.41) is 0.725. The summed E-state index contributed by atoms with van der Waals surface area (Å²) in [7, 11) is 0. The fraction of sp³-hybridized carbons (Fsp3) is 0.500. The molecule has 2 aromatic rings. The Kier molecular flexibility index (Phi) is 3.25. The van der Waals surface area contributed by atoms with Gasteiger partial charge in [0.25, 0.3) is 0 Å². The number of imidazole rings is 1. The van der Waals surface area contributed by atoms with Crippen LogP contribution in [0.1, 0.15) is 38.1 Å². The summed E-state index contributed by atoms with van der Waals surface area (Å²) in [5.74, 6) is 2.29. The summed E-state index contributed by atoms with van der Waals surface area (Å²) in [4.78, 5) is 4.59. The van der Waals surface area contributed by atoms with Crippen LogP contribution < -0.4 is 0 Å². The molecule has 0 amide bonds. The molecule has 1 aromatic carbocycles. The second-order valence-electron chi connectivity index (χ2n) is 5.19. The van der Waals surface area contributed by atoms with Gasteiger partial charge in [-0.3, -0.25) is 0 Å². The first-order valence-electron chi connectivity index (χ1n) is 6.41. The summed E-state index contributed by atoms with van der Waals surface area (Å²) in [5.41, 5.74) is 2.09. The highest BCUT2D eigenvalue weighted by Crippen LogP contribution is 2.38.